The van der Waals surface area contributed by atoms with Crippen LogP contribution in [0, 0.1) is 5.82 Å². The predicted molar refractivity (Wildman–Crippen MR) is 104 cm³/mol. The fourth-order valence-electron chi connectivity index (χ4n) is 3.62. The predicted octanol–water partition coefficient (Wildman–Crippen LogP) is 2.73. The first-order valence-corrected chi connectivity index (χ1v) is 9.03. The molecular formula is C20H19FN6. The normalized spacial score (nSPS) is 15.0. The second kappa shape index (κ2) is 6.28. The minimum Gasteiger partial charge on any atom is -0.369 e. The number of aryl methyl sites for hydroxylation is 1. The zero-order valence-electron chi connectivity index (χ0n) is 15.0. The Balaban J connectivity index is 1.54. The third kappa shape index (κ3) is 2.90. The summed E-state index contributed by atoms with van der Waals surface area (Å²) in [6.07, 6.45) is 3.61. The van der Waals surface area contributed by atoms with Gasteiger partial charge in [0.2, 0.25) is 0 Å². The van der Waals surface area contributed by atoms with Crippen molar-refractivity contribution in [1.29, 1.82) is 0 Å². The number of nitrogens with one attached hydrogen (secondary N) is 1. The molecule has 0 saturated carbocycles. The molecule has 1 aliphatic heterocycles. The number of fused-ring (bicyclic) bond motifs is 2. The van der Waals surface area contributed by atoms with E-state index in [1.54, 1.807) is 17.9 Å². The lowest BCUT2D eigenvalue weighted by atomic mass is 10.1. The van der Waals surface area contributed by atoms with Gasteiger partial charge in [-0.3, -0.25) is 4.68 Å². The maximum atomic E-state index is 14.4. The second-order valence-corrected chi connectivity index (χ2v) is 6.87. The molecule has 5 rings (SSSR count). The van der Waals surface area contributed by atoms with Gasteiger partial charge in [0.15, 0.2) is 11.6 Å². The zero-order chi connectivity index (χ0) is 18.4. The van der Waals surface area contributed by atoms with Crippen molar-refractivity contribution >= 4 is 27.5 Å². The Morgan fingerprint density at radius 1 is 1.07 bits per heavy atom. The number of aromatic nitrogens is 4. The van der Waals surface area contributed by atoms with Crippen molar-refractivity contribution in [3.05, 3.63) is 48.5 Å². The second-order valence-electron chi connectivity index (χ2n) is 6.87. The third-order valence-electron chi connectivity index (χ3n) is 4.98. The molecule has 1 fully saturated rings. The number of benzene rings is 2. The lowest BCUT2D eigenvalue weighted by molar-refractivity contribution is 0.589. The van der Waals surface area contributed by atoms with Crippen molar-refractivity contribution in [2.24, 2.45) is 7.05 Å². The summed E-state index contributed by atoms with van der Waals surface area (Å²) < 4.78 is 16.0. The maximum Gasteiger partial charge on any atom is 0.159 e. The van der Waals surface area contributed by atoms with Crippen LogP contribution in [-0.2, 0) is 7.05 Å². The molecule has 27 heavy (non-hydrogen) atoms. The number of piperazine rings is 1. The molecule has 0 bridgehead atoms. The first-order valence-electron chi connectivity index (χ1n) is 9.03. The highest BCUT2D eigenvalue weighted by Gasteiger charge is 2.13. The van der Waals surface area contributed by atoms with Gasteiger partial charge in [-0.15, -0.1) is 0 Å². The van der Waals surface area contributed by atoms with E-state index < -0.39 is 0 Å². The Morgan fingerprint density at radius 2 is 1.93 bits per heavy atom. The highest BCUT2D eigenvalue weighted by atomic mass is 19.1. The first-order chi connectivity index (χ1) is 13.2. The van der Waals surface area contributed by atoms with E-state index in [2.05, 4.69) is 37.4 Å². The highest BCUT2D eigenvalue weighted by Crippen LogP contribution is 2.27. The molecule has 2 aromatic heterocycles. The summed E-state index contributed by atoms with van der Waals surface area (Å²) in [5.41, 5.74) is 3.05. The van der Waals surface area contributed by atoms with Crippen LogP contribution in [0.4, 0.5) is 10.1 Å². The molecule has 6 nitrogen and oxygen atoms in total. The lowest BCUT2D eigenvalue weighted by Crippen LogP contribution is -2.43. The number of nitrogens with zero attached hydrogens (tertiary/aromatic N) is 5. The summed E-state index contributed by atoms with van der Waals surface area (Å²) in [5, 5.41) is 9.23. The monoisotopic (exact) mass is 362 g/mol. The molecular weight excluding hydrogens is 343 g/mol. The van der Waals surface area contributed by atoms with Gasteiger partial charge in [0.25, 0.3) is 0 Å². The van der Waals surface area contributed by atoms with Gasteiger partial charge >= 0.3 is 0 Å². The Bertz CT molecular complexity index is 1150. The number of hydrogen-bond acceptors (Lipinski definition) is 5. The van der Waals surface area contributed by atoms with Crippen LogP contribution in [0.5, 0.6) is 0 Å². The number of hydrogen-bond donors (Lipinski definition) is 1. The lowest BCUT2D eigenvalue weighted by Gasteiger charge is -2.29. The molecule has 0 unspecified atom stereocenters. The van der Waals surface area contributed by atoms with Crippen LogP contribution in [0.1, 0.15) is 0 Å². The molecule has 3 heterocycles. The summed E-state index contributed by atoms with van der Waals surface area (Å²) >= 11 is 0. The molecule has 2 aromatic carbocycles. The third-order valence-corrected chi connectivity index (χ3v) is 4.98. The van der Waals surface area contributed by atoms with Gasteiger partial charge in [0, 0.05) is 67.6 Å². The average Bonchev–Trinajstić information content (AvgIpc) is 3.09. The van der Waals surface area contributed by atoms with Crippen LogP contribution in [0.3, 0.4) is 0 Å². The topological polar surface area (TPSA) is 58.9 Å². The van der Waals surface area contributed by atoms with Gasteiger partial charge in [-0.2, -0.15) is 5.10 Å². The van der Waals surface area contributed by atoms with E-state index >= 15 is 0 Å². The van der Waals surface area contributed by atoms with E-state index in [-0.39, 0.29) is 5.82 Å². The number of rotatable bonds is 2. The van der Waals surface area contributed by atoms with Gasteiger partial charge < -0.3 is 10.2 Å². The quantitative estimate of drug-likeness (QED) is 0.594. The van der Waals surface area contributed by atoms with Crippen LogP contribution in [0.2, 0.25) is 0 Å². The highest BCUT2D eigenvalue weighted by molar-refractivity contribution is 5.86. The fraction of sp³-hybridized carbons (Fsp3) is 0.250. The van der Waals surface area contributed by atoms with Crippen molar-refractivity contribution in [2.45, 2.75) is 0 Å². The average molecular weight is 362 g/mol. The van der Waals surface area contributed by atoms with Gasteiger partial charge in [0.1, 0.15) is 5.52 Å². The molecule has 136 valence electrons. The maximum absolute atomic E-state index is 14.4. The van der Waals surface area contributed by atoms with Crippen molar-refractivity contribution in [2.75, 3.05) is 31.1 Å². The van der Waals surface area contributed by atoms with Crippen LogP contribution < -0.4 is 10.2 Å². The molecule has 0 aliphatic carbocycles. The van der Waals surface area contributed by atoms with Crippen molar-refractivity contribution in [3.63, 3.8) is 0 Å². The van der Waals surface area contributed by atoms with E-state index in [4.69, 9.17) is 0 Å². The molecule has 0 radical (unpaired) electrons. The van der Waals surface area contributed by atoms with Crippen LogP contribution in [-0.4, -0.2) is 45.9 Å². The van der Waals surface area contributed by atoms with E-state index in [1.165, 1.54) is 11.8 Å². The standard InChI is InChI=1S/C20H19FN6/c1-26-12-15-8-13(10-17(21)19(15)25-26)20-23-11-14-9-16(2-3-18(14)24-20)27-6-4-22-5-7-27/h2-3,8-12,22H,4-7H2,1H3. The van der Waals surface area contributed by atoms with E-state index in [9.17, 15) is 4.39 Å². The van der Waals surface area contributed by atoms with Crippen molar-refractivity contribution in [1.82, 2.24) is 25.1 Å². The number of halogens is 1. The molecule has 0 spiro atoms. The van der Waals surface area contributed by atoms with Crippen LogP contribution in [0.15, 0.2) is 42.7 Å². The summed E-state index contributed by atoms with van der Waals surface area (Å²) in [4.78, 5) is 11.5. The van der Waals surface area contributed by atoms with Crippen molar-refractivity contribution < 1.29 is 4.39 Å². The van der Waals surface area contributed by atoms with Crippen LogP contribution >= 0.6 is 0 Å². The molecule has 0 atom stereocenters. The minimum atomic E-state index is -0.360. The van der Waals surface area contributed by atoms with Gasteiger partial charge in [-0.05, 0) is 30.3 Å². The first kappa shape index (κ1) is 16.1. The summed E-state index contributed by atoms with van der Waals surface area (Å²) in [7, 11) is 1.78. The molecule has 1 N–H and O–H groups in total. The van der Waals surface area contributed by atoms with Crippen LogP contribution in [0.25, 0.3) is 33.2 Å². The smallest absolute Gasteiger partial charge is 0.159 e. The van der Waals surface area contributed by atoms with E-state index in [0.717, 1.165) is 42.5 Å². The summed E-state index contributed by atoms with van der Waals surface area (Å²) in [5.74, 6) is 0.155. The van der Waals surface area contributed by atoms with Gasteiger partial charge in [-0.25, -0.2) is 14.4 Å². The molecule has 1 aliphatic rings. The minimum absolute atomic E-state index is 0.360. The molecule has 0 amide bonds. The molecule has 7 heteroatoms. The number of anilines is 1. The SMILES string of the molecule is Cn1cc2cc(-c3ncc4cc(N5CCNCC5)ccc4n3)cc(F)c2n1. The Morgan fingerprint density at radius 3 is 2.78 bits per heavy atom. The Labute approximate surface area is 155 Å². The van der Waals surface area contributed by atoms with E-state index in [0.29, 0.717) is 16.9 Å². The van der Waals surface area contributed by atoms with Gasteiger partial charge in [0.05, 0.1) is 5.52 Å². The van der Waals surface area contributed by atoms with Crippen molar-refractivity contribution in [3.8, 4) is 11.4 Å². The van der Waals surface area contributed by atoms with Gasteiger partial charge in [-0.1, -0.05) is 0 Å². The summed E-state index contributed by atoms with van der Waals surface area (Å²) in [6, 6.07) is 9.55. The Kier molecular flexibility index (Phi) is 3.75. The fourth-order valence-corrected chi connectivity index (χ4v) is 3.62. The molecule has 1 saturated heterocycles. The summed E-state index contributed by atoms with van der Waals surface area (Å²) in [6.45, 7) is 3.98. The Hall–Kier alpha value is -3.06. The van der Waals surface area contributed by atoms with E-state index in [1.807, 2.05) is 18.3 Å². The molecule has 4 aromatic rings. The largest absolute Gasteiger partial charge is 0.369 e. The zero-order valence-corrected chi connectivity index (χ0v) is 15.0.